The lowest BCUT2D eigenvalue weighted by Gasteiger charge is -2.49. The summed E-state index contributed by atoms with van der Waals surface area (Å²) in [4.78, 5) is 40.0. The Kier molecular flexibility index (Phi) is 16.7. The van der Waals surface area contributed by atoms with Crippen molar-refractivity contribution in [2.75, 3.05) is 75.4 Å². The fraction of sp³-hybridized carbons (Fsp3) is 0.412. The summed E-state index contributed by atoms with van der Waals surface area (Å²) in [7, 11) is -13.0. The lowest BCUT2D eigenvalue weighted by molar-refractivity contribution is 0.0848. The maximum absolute atomic E-state index is 13.0. The molecular formula is C80H78N18O9S4. The van der Waals surface area contributed by atoms with Gasteiger partial charge in [-0.2, -0.15) is 38.3 Å². The number of aromatic nitrogens is 10. The molecule has 5 fully saturated rings. The Hall–Kier alpha value is -10.2. The number of Topliss-reactive ketones (excluding diaryl/α,β-unsaturated/α-hetero) is 1. The first-order valence-electron chi connectivity index (χ1n) is 37.6. The first-order valence-corrected chi connectivity index (χ1v) is 44.0. The fourth-order valence-electron chi connectivity index (χ4n) is 18.9. The number of rotatable bonds is 16. The summed E-state index contributed by atoms with van der Waals surface area (Å²) in [6.07, 6.45) is 40.1. The lowest BCUT2D eigenvalue weighted by atomic mass is 9.78. The second-order valence-electron chi connectivity index (χ2n) is 31.3. The number of nitriles is 4. The zero-order valence-corrected chi connectivity index (χ0v) is 65.0. The summed E-state index contributed by atoms with van der Waals surface area (Å²) in [6.45, 7) is 9.17. The predicted molar refractivity (Wildman–Crippen MR) is 413 cm³/mol. The first-order chi connectivity index (χ1) is 53.3. The molecule has 8 aromatic rings. The Morgan fingerprint density at radius 2 is 0.775 bits per heavy atom. The minimum Gasteiger partial charge on any atom is -0.344 e. The van der Waals surface area contributed by atoms with Crippen LogP contribution in [0.15, 0.2) is 111 Å². The molecule has 27 nitrogen and oxygen atoms in total. The van der Waals surface area contributed by atoms with E-state index < -0.39 is 62.2 Å². The van der Waals surface area contributed by atoms with Crippen molar-refractivity contribution in [3.05, 3.63) is 178 Å². The highest BCUT2D eigenvalue weighted by atomic mass is 32.2. The number of allylic oxidation sites excluding steroid dienone is 8. The van der Waals surface area contributed by atoms with E-state index in [4.69, 9.17) is 0 Å². The molecule has 8 aromatic heterocycles. The normalized spacial score (nSPS) is 20.3. The third-order valence-electron chi connectivity index (χ3n) is 25.4. The van der Waals surface area contributed by atoms with Crippen LogP contribution in [0, 0.1) is 45.3 Å². The summed E-state index contributed by atoms with van der Waals surface area (Å²) in [5.41, 5.74) is 24.0. The van der Waals surface area contributed by atoms with Gasteiger partial charge in [0.2, 0.25) is 40.1 Å². The largest absolute Gasteiger partial charge is 0.344 e. The molecule has 0 bridgehead atoms. The molecule has 0 atom stereocenters. The van der Waals surface area contributed by atoms with Crippen LogP contribution in [0.4, 0.5) is 0 Å². The minimum absolute atomic E-state index is 0.0301. The van der Waals surface area contributed by atoms with Crippen LogP contribution >= 0.6 is 0 Å². The molecule has 12 heterocycles. The van der Waals surface area contributed by atoms with E-state index >= 15 is 0 Å². The van der Waals surface area contributed by atoms with Crippen LogP contribution in [0.1, 0.15) is 138 Å². The monoisotopic (exact) mass is 1560 g/mol. The Bertz CT molecular complexity index is 6040. The maximum Gasteiger partial charge on any atom is 0.213 e. The zero-order valence-electron chi connectivity index (χ0n) is 61.7. The molecule has 13 aliphatic rings. The highest BCUT2D eigenvalue weighted by Gasteiger charge is 2.58. The van der Waals surface area contributed by atoms with Gasteiger partial charge in [0.05, 0.1) is 129 Å². The van der Waals surface area contributed by atoms with Crippen molar-refractivity contribution < 1.29 is 38.5 Å². The van der Waals surface area contributed by atoms with E-state index in [1.165, 1.54) is 72.9 Å². The Balaban J connectivity index is 0.000000104. The maximum atomic E-state index is 13.0. The number of pyridine rings is 2. The van der Waals surface area contributed by atoms with Crippen LogP contribution in [0.3, 0.4) is 0 Å². The van der Waals surface area contributed by atoms with Gasteiger partial charge in [-0.15, -0.1) is 0 Å². The molecule has 0 amide bonds. The average molecular weight is 1560 g/mol. The van der Waals surface area contributed by atoms with Gasteiger partial charge in [-0.25, -0.2) is 53.6 Å². The minimum atomic E-state index is -3.30. The number of carbonyl (C=O) groups excluding carboxylic acids is 1. The van der Waals surface area contributed by atoms with Gasteiger partial charge in [-0.3, -0.25) is 14.8 Å². The molecule has 0 aromatic carbocycles. The van der Waals surface area contributed by atoms with Crippen molar-refractivity contribution >= 4 is 68.2 Å². The number of sulfonamides is 4. The van der Waals surface area contributed by atoms with Crippen molar-refractivity contribution in [3.63, 3.8) is 0 Å². The molecule has 1 spiro atoms. The number of carbonyl (C=O) groups is 1. The van der Waals surface area contributed by atoms with Crippen molar-refractivity contribution in [3.8, 4) is 69.0 Å². The number of nitrogens with zero attached hydrogens (tertiary/aromatic N) is 18. The summed E-state index contributed by atoms with van der Waals surface area (Å²) in [6, 6.07) is 13.0. The lowest BCUT2D eigenvalue weighted by Crippen LogP contribution is -2.63. The predicted octanol–water partition coefficient (Wildman–Crippen LogP) is 8.20. The standard InChI is InChI=1S/C21H21N5O2S.C20H18N4O3S.C20H20N4O2S.C19H19N5O2S/c1-2-29(27,28)26-11-20(12-26,7-8-22)25-9-14-16(10-25)21(5-6-21)15-3-4-17-18(15)19(14)24-13-23-17;1-2-28(26,27)24-11-20(12-24,6-7-21)23-9-15-13-5-8-22-17-4-3-14(18(13)17)19(25)16(15)10-23;1-2-27(25,26)24-12-20(13-24,6-7-21)23-10-15-9-14-3-4-18-19(14)16(5-8-22-18)17(15)11-23;1-2-27(25,26)24-10-19(11-24,5-6-20)23-8-14-7-13-3-4-16-17(13)18(15(14)9-23)22-12-21-16/h3,9-10,13H,2,4-7,11-12H2,1H3;3,5,8-10H,2,4,6,11-12H2,1H3;3,5,8,10-11H,2,4,6,9,12-13H2,1H3;3,8-9,12H,2,4-5,7,10-11H2,1H3. The van der Waals surface area contributed by atoms with Gasteiger partial charge in [0.15, 0.2) is 5.78 Å². The molecule has 21 rings (SSSR count). The van der Waals surface area contributed by atoms with Gasteiger partial charge < -0.3 is 18.3 Å². The van der Waals surface area contributed by atoms with E-state index in [9.17, 15) is 59.5 Å². The summed E-state index contributed by atoms with van der Waals surface area (Å²) in [5.74, 6) is 0.265. The summed E-state index contributed by atoms with van der Waals surface area (Å²) in [5, 5.41) is 37.6. The summed E-state index contributed by atoms with van der Waals surface area (Å²) >= 11 is 0. The van der Waals surface area contributed by atoms with Gasteiger partial charge in [0, 0.05) is 207 Å². The molecule has 0 radical (unpaired) electrons. The molecule has 9 aliphatic carbocycles. The number of hydrogen-bond donors (Lipinski definition) is 0. The van der Waals surface area contributed by atoms with Crippen LogP contribution < -0.4 is 0 Å². The van der Waals surface area contributed by atoms with E-state index in [1.54, 1.807) is 52.7 Å². The van der Waals surface area contributed by atoms with Crippen LogP contribution in [0.2, 0.25) is 0 Å². The number of ketones is 1. The van der Waals surface area contributed by atoms with Gasteiger partial charge >= 0.3 is 0 Å². The average Bonchev–Trinajstić information content (AvgIpc) is 1.52. The van der Waals surface area contributed by atoms with Crippen LogP contribution in [-0.4, -0.2) is 180 Å². The van der Waals surface area contributed by atoms with Gasteiger partial charge in [0.1, 0.15) is 12.7 Å². The topological polar surface area (TPSA) is 359 Å². The SMILES string of the molecule is CCS(=O)(=O)N1CC(CC#N)(n2cc3c(c2)-c2ccnc4c2C(=CC4)C3)C1.CCS(=O)(=O)N1CC(CC#N)(n2cc3c(c2)-c2ccnc4c2C(=CC4)C3=O)C1.CCS(=O)(=O)N1CC(CC#N)(n2cc3c(c2)-c2ncnc4c2C(=CC4)C3)C1.CCS(=O)(=O)N1CC(CC#N)(n2cc3c(c2)C2(CC2)C2=CCc4ncnc-3c42)C1. The Morgan fingerprint density at radius 3 is 1.26 bits per heavy atom. The molecule has 4 saturated heterocycles. The van der Waals surface area contributed by atoms with Crippen molar-refractivity contribution in [2.24, 2.45) is 0 Å². The third-order valence-corrected chi connectivity index (χ3v) is 32.5. The zero-order chi connectivity index (χ0) is 77.3. The molecule has 111 heavy (non-hydrogen) atoms. The van der Waals surface area contributed by atoms with Crippen molar-refractivity contribution in [1.82, 2.24) is 65.4 Å². The highest BCUT2D eigenvalue weighted by Crippen LogP contribution is 2.65. The van der Waals surface area contributed by atoms with E-state index in [2.05, 4.69) is 123 Å². The smallest absolute Gasteiger partial charge is 0.213 e. The molecule has 4 aliphatic heterocycles. The quantitative estimate of drug-likeness (QED) is 0.0879. The Morgan fingerprint density at radius 1 is 0.396 bits per heavy atom. The van der Waals surface area contributed by atoms with Crippen LogP contribution in [0.5, 0.6) is 0 Å². The number of fused-ring (bicyclic) bond motifs is 10. The molecule has 0 N–H and O–H groups in total. The van der Waals surface area contributed by atoms with E-state index in [-0.39, 0.29) is 66.6 Å². The van der Waals surface area contributed by atoms with E-state index in [0.717, 1.165) is 112 Å². The van der Waals surface area contributed by atoms with Gasteiger partial charge in [-0.05, 0) is 104 Å². The second-order valence-corrected chi connectivity index (χ2v) is 40.4. The van der Waals surface area contributed by atoms with Gasteiger partial charge in [0.25, 0.3) is 0 Å². The number of hydrogen-bond acceptors (Lipinski definition) is 19. The Labute approximate surface area is 644 Å². The van der Waals surface area contributed by atoms with Crippen molar-refractivity contribution in [2.45, 2.75) is 132 Å². The van der Waals surface area contributed by atoms with E-state index in [1.807, 2.05) is 35.3 Å². The highest BCUT2D eigenvalue weighted by molar-refractivity contribution is 7.89. The summed E-state index contributed by atoms with van der Waals surface area (Å²) < 4.78 is 112. The van der Waals surface area contributed by atoms with Gasteiger partial charge in [-0.1, -0.05) is 24.3 Å². The van der Waals surface area contributed by atoms with Crippen LogP contribution in [0.25, 0.3) is 67.1 Å². The third kappa shape index (κ3) is 11.0. The molecule has 566 valence electrons. The fourth-order valence-corrected chi connectivity index (χ4v) is 23.9. The van der Waals surface area contributed by atoms with E-state index in [0.29, 0.717) is 63.2 Å². The molecule has 31 heteroatoms. The van der Waals surface area contributed by atoms with Crippen molar-refractivity contribution in [1.29, 1.82) is 21.0 Å². The first kappa shape index (κ1) is 72.4. The second kappa shape index (κ2) is 25.7. The molecule has 1 saturated carbocycles. The molecular weight excluding hydrogens is 1490 g/mol. The van der Waals surface area contributed by atoms with Crippen LogP contribution in [-0.2, 0) is 106 Å². The molecule has 0 unspecified atom stereocenters.